The van der Waals surface area contributed by atoms with Crippen molar-refractivity contribution in [3.05, 3.63) is 76.1 Å². The third-order valence-electron chi connectivity index (χ3n) is 6.68. The van der Waals surface area contributed by atoms with Gasteiger partial charge in [-0.2, -0.15) is 13.2 Å². The Kier molecular flexibility index (Phi) is 6.83. The largest absolute Gasteiger partial charge is 0.493 e. The lowest BCUT2D eigenvalue weighted by molar-refractivity contribution is -0.137. The third kappa shape index (κ3) is 5.08. The van der Waals surface area contributed by atoms with E-state index in [1.807, 2.05) is 13.8 Å². The molecule has 37 heavy (non-hydrogen) atoms. The first-order chi connectivity index (χ1) is 17.4. The molecule has 0 saturated heterocycles. The quantitative estimate of drug-likeness (QED) is 0.515. The van der Waals surface area contributed by atoms with Crippen LogP contribution in [-0.4, -0.2) is 25.9 Å². The fourth-order valence-electron chi connectivity index (χ4n) is 5.16. The van der Waals surface area contributed by atoms with E-state index in [4.69, 9.17) is 9.47 Å². The van der Waals surface area contributed by atoms with Crippen LogP contribution >= 0.6 is 0 Å². The molecule has 1 amide bonds. The van der Waals surface area contributed by atoms with E-state index in [1.54, 1.807) is 25.1 Å². The number of amides is 1. The minimum atomic E-state index is -4.56. The zero-order valence-electron chi connectivity index (χ0n) is 21.3. The minimum absolute atomic E-state index is 0.00707. The number of ether oxygens (including phenoxy) is 2. The Balaban J connectivity index is 1.85. The number of benzene rings is 2. The molecule has 1 atom stereocenters. The molecule has 0 saturated carbocycles. The molecule has 1 aliphatic carbocycles. The van der Waals surface area contributed by atoms with E-state index in [9.17, 15) is 22.8 Å². The van der Waals surface area contributed by atoms with E-state index in [-0.39, 0.29) is 28.9 Å². The van der Waals surface area contributed by atoms with Crippen LogP contribution < -0.4 is 20.1 Å². The maximum absolute atomic E-state index is 13.7. The fraction of sp³-hybridized carbons (Fsp3) is 0.357. The third-order valence-corrected chi connectivity index (χ3v) is 6.68. The van der Waals surface area contributed by atoms with Crippen molar-refractivity contribution in [1.82, 2.24) is 5.32 Å². The number of halogens is 3. The Morgan fingerprint density at radius 2 is 1.78 bits per heavy atom. The lowest BCUT2D eigenvalue weighted by atomic mass is 9.68. The number of dihydropyridines is 1. The molecule has 2 aliphatic rings. The van der Waals surface area contributed by atoms with Gasteiger partial charge in [0.2, 0.25) is 0 Å². The summed E-state index contributed by atoms with van der Waals surface area (Å²) >= 11 is 0. The number of para-hydroxylation sites is 1. The monoisotopic (exact) mass is 514 g/mol. The molecule has 9 heteroatoms. The number of alkyl halides is 3. The molecule has 196 valence electrons. The Morgan fingerprint density at radius 3 is 2.43 bits per heavy atom. The summed E-state index contributed by atoms with van der Waals surface area (Å²) in [7, 11) is 2.97. The zero-order chi connectivity index (χ0) is 27.1. The highest BCUT2D eigenvalue weighted by atomic mass is 19.4. The fourth-order valence-corrected chi connectivity index (χ4v) is 5.16. The summed E-state index contributed by atoms with van der Waals surface area (Å²) in [6.45, 7) is 5.73. The number of carbonyl (C=O) groups excluding carboxylic acids is 2. The van der Waals surface area contributed by atoms with E-state index < -0.39 is 23.6 Å². The Bertz CT molecular complexity index is 1320. The molecule has 0 aromatic heterocycles. The predicted octanol–water partition coefficient (Wildman–Crippen LogP) is 5.97. The normalized spacial score (nSPS) is 19.2. The number of Topliss-reactive ketones (excluding diaryl/α,β-unsaturated/α-hetero) is 1. The standard InChI is InChI=1S/C28H29F3N2O4/c1-15-22(26(35)33-17-9-6-8-16(12-17)28(29,30)31)23(18-10-7-11-21(36-4)25(18)37-5)24-19(32-15)13-27(2,3)14-20(24)34/h6-12,23,32H,13-14H2,1-5H3,(H,33,35)/t23-/m1/s1. The number of methoxy groups -OCH3 is 2. The van der Waals surface area contributed by atoms with Gasteiger partial charge in [-0.15, -0.1) is 0 Å². The van der Waals surface area contributed by atoms with Crippen LogP contribution in [0.1, 0.15) is 50.7 Å². The summed E-state index contributed by atoms with van der Waals surface area (Å²) in [5.41, 5.74) is 1.29. The second-order valence-electron chi connectivity index (χ2n) is 10.0. The summed E-state index contributed by atoms with van der Waals surface area (Å²) in [6, 6.07) is 9.65. The van der Waals surface area contributed by atoms with E-state index in [2.05, 4.69) is 10.6 Å². The highest BCUT2D eigenvalue weighted by Gasteiger charge is 2.44. The molecule has 0 radical (unpaired) electrons. The Hall–Kier alpha value is -3.75. The van der Waals surface area contributed by atoms with E-state index >= 15 is 0 Å². The topological polar surface area (TPSA) is 76.7 Å². The lowest BCUT2D eigenvalue weighted by Gasteiger charge is -2.40. The van der Waals surface area contributed by atoms with Crippen LogP contribution in [-0.2, 0) is 15.8 Å². The molecule has 1 aliphatic heterocycles. The molecular formula is C28H29F3N2O4. The highest BCUT2D eigenvalue weighted by molar-refractivity contribution is 6.10. The molecule has 2 aromatic rings. The molecule has 1 heterocycles. The van der Waals surface area contributed by atoms with E-state index in [0.29, 0.717) is 34.8 Å². The summed E-state index contributed by atoms with van der Waals surface area (Å²) in [5, 5.41) is 5.85. The van der Waals surface area contributed by atoms with Crippen LogP contribution in [0.3, 0.4) is 0 Å². The van der Waals surface area contributed by atoms with Crippen LogP contribution in [0.25, 0.3) is 0 Å². The van der Waals surface area contributed by atoms with Gasteiger partial charge in [-0.3, -0.25) is 9.59 Å². The molecule has 6 nitrogen and oxygen atoms in total. The number of anilines is 1. The predicted molar refractivity (Wildman–Crippen MR) is 133 cm³/mol. The summed E-state index contributed by atoms with van der Waals surface area (Å²) in [5.74, 6) is -0.734. The first-order valence-corrected chi connectivity index (χ1v) is 11.8. The van der Waals surface area contributed by atoms with Crippen molar-refractivity contribution in [2.24, 2.45) is 5.41 Å². The van der Waals surface area contributed by atoms with Gasteiger partial charge in [0, 0.05) is 40.2 Å². The molecule has 0 spiro atoms. The Labute approximate surface area is 213 Å². The van der Waals surface area contributed by atoms with Crippen LogP contribution in [0.5, 0.6) is 11.5 Å². The number of hydrogen-bond donors (Lipinski definition) is 2. The SMILES string of the molecule is COc1cccc([C@@H]2C(C(=O)Nc3cccc(C(F)(F)F)c3)=C(C)NC3=C2C(=O)CC(C)(C)C3)c1OC. The van der Waals surface area contributed by atoms with Gasteiger partial charge in [0.15, 0.2) is 17.3 Å². The van der Waals surface area contributed by atoms with Crippen molar-refractivity contribution < 1.29 is 32.2 Å². The van der Waals surface area contributed by atoms with E-state index in [0.717, 1.165) is 17.8 Å². The van der Waals surface area contributed by atoms with Gasteiger partial charge in [-0.05, 0) is 43.0 Å². The Morgan fingerprint density at radius 1 is 1.08 bits per heavy atom. The number of ketones is 1. The van der Waals surface area contributed by atoms with Gasteiger partial charge in [-0.1, -0.05) is 32.0 Å². The average Bonchev–Trinajstić information content (AvgIpc) is 2.81. The molecule has 0 fully saturated rings. The van der Waals surface area contributed by atoms with E-state index in [1.165, 1.54) is 26.4 Å². The maximum Gasteiger partial charge on any atom is 0.416 e. The molecular weight excluding hydrogens is 485 g/mol. The van der Waals surface area contributed by atoms with Gasteiger partial charge < -0.3 is 20.1 Å². The van der Waals surface area contributed by atoms with Crippen LogP contribution in [0.2, 0.25) is 0 Å². The minimum Gasteiger partial charge on any atom is -0.493 e. The molecule has 2 N–H and O–H groups in total. The van der Waals surface area contributed by atoms with Crippen LogP contribution in [0.4, 0.5) is 18.9 Å². The van der Waals surface area contributed by atoms with Gasteiger partial charge in [0.1, 0.15) is 0 Å². The van der Waals surface area contributed by atoms with Gasteiger partial charge in [0.05, 0.1) is 25.7 Å². The van der Waals surface area contributed by atoms with Crippen LogP contribution in [0, 0.1) is 5.41 Å². The van der Waals surface area contributed by atoms with Crippen molar-refractivity contribution in [2.75, 3.05) is 19.5 Å². The molecule has 4 rings (SSSR count). The number of rotatable bonds is 5. The lowest BCUT2D eigenvalue weighted by Crippen LogP contribution is -2.39. The number of hydrogen-bond acceptors (Lipinski definition) is 5. The molecule has 0 unspecified atom stereocenters. The summed E-state index contributed by atoms with van der Waals surface area (Å²) in [6.07, 6.45) is -3.67. The molecule has 2 aromatic carbocycles. The van der Waals surface area contributed by atoms with Crippen molar-refractivity contribution in [1.29, 1.82) is 0 Å². The van der Waals surface area contributed by atoms with Gasteiger partial charge >= 0.3 is 6.18 Å². The highest BCUT2D eigenvalue weighted by Crippen LogP contribution is 2.50. The van der Waals surface area contributed by atoms with Crippen molar-refractivity contribution in [3.8, 4) is 11.5 Å². The summed E-state index contributed by atoms with van der Waals surface area (Å²) in [4.78, 5) is 27.2. The van der Waals surface area contributed by atoms with Gasteiger partial charge in [0.25, 0.3) is 5.91 Å². The molecule has 0 bridgehead atoms. The maximum atomic E-state index is 13.7. The van der Waals surface area contributed by atoms with Crippen molar-refractivity contribution in [3.63, 3.8) is 0 Å². The second-order valence-corrected chi connectivity index (χ2v) is 10.0. The van der Waals surface area contributed by atoms with Gasteiger partial charge in [-0.25, -0.2) is 0 Å². The first-order valence-electron chi connectivity index (χ1n) is 11.8. The summed E-state index contributed by atoms with van der Waals surface area (Å²) < 4.78 is 50.9. The first kappa shape index (κ1) is 26.3. The number of nitrogens with one attached hydrogen (secondary N) is 2. The zero-order valence-corrected chi connectivity index (χ0v) is 21.3. The average molecular weight is 515 g/mol. The van der Waals surface area contributed by atoms with Crippen molar-refractivity contribution in [2.45, 2.75) is 45.7 Å². The smallest absolute Gasteiger partial charge is 0.416 e. The number of carbonyl (C=O) groups is 2. The second kappa shape index (κ2) is 9.61. The number of allylic oxidation sites excluding steroid dienone is 3. The van der Waals surface area contributed by atoms with Crippen LogP contribution in [0.15, 0.2) is 65.0 Å². The van der Waals surface area contributed by atoms with Crippen molar-refractivity contribution >= 4 is 17.4 Å².